The molecular weight excluding hydrogens is 184 g/mol. The van der Waals surface area contributed by atoms with Gasteiger partial charge in [0.2, 0.25) is 0 Å². The monoisotopic (exact) mass is 210 g/mol. The topological polar surface area (TPSA) is 15.3 Å². The molecule has 15 heavy (non-hydrogen) atoms. The summed E-state index contributed by atoms with van der Waals surface area (Å²) in [5, 5.41) is 3.50. The van der Waals surface area contributed by atoms with Gasteiger partial charge in [0.25, 0.3) is 0 Å². The van der Waals surface area contributed by atoms with Crippen LogP contribution in [0.25, 0.3) is 0 Å². The molecule has 2 fully saturated rings. The quantitative estimate of drug-likeness (QED) is 0.692. The minimum atomic E-state index is 0.755. The first-order chi connectivity index (χ1) is 7.33. The standard InChI is InChI=1S/C13H26N2/c1-3-15(9-11-5-4-6-11)10-13(14-2)12-7-8-12/h11-14H,3-10H2,1-2H3. The van der Waals surface area contributed by atoms with E-state index in [1.165, 1.54) is 51.7 Å². The summed E-state index contributed by atoms with van der Waals surface area (Å²) in [7, 11) is 2.13. The summed E-state index contributed by atoms with van der Waals surface area (Å²) >= 11 is 0. The van der Waals surface area contributed by atoms with Gasteiger partial charge in [-0.15, -0.1) is 0 Å². The Bertz CT molecular complexity index is 185. The number of likely N-dealkylation sites (N-methyl/N-ethyl adjacent to an activating group) is 2. The van der Waals surface area contributed by atoms with Gasteiger partial charge in [-0.2, -0.15) is 0 Å². The molecule has 2 saturated carbocycles. The molecule has 2 aliphatic rings. The molecule has 0 amide bonds. The molecule has 0 bridgehead atoms. The third-order valence-corrected chi connectivity index (χ3v) is 4.21. The van der Waals surface area contributed by atoms with Crippen molar-refractivity contribution in [1.82, 2.24) is 10.2 Å². The van der Waals surface area contributed by atoms with E-state index >= 15 is 0 Å². The smallest absolute Gasteiger partial charge is 0.0220 e. The van der Waals surface area contributed by atoms with Gasteiger partial charge in [0, 0.05) is 19.1 Å². The van der Waals surface area contributed by atoms with Crippen LogP contribution in [0, 0.1) is 11.8 Å². The summed E-state index contributed by atoms with van der Waals surface area (Å²) in [6, 6.07) is 0.755. The summed E-state index contributed by atoms with van der Waals surface area (Å²) in [5.41, 5.74) is 0. The fourth-order valence-electron chi connectivity index (χ4n) is 2.63. The van der Waals surface area contributed by atoms with Crippen LogP contribution in [0.4, 0.5) is 0 Å². The van der Waals surface area contributed by atoms with Gasteiger partial charge in [-0.3, -0.25) is 0 Å². The first-order valence-electron chi connectivity index (χ1n) is 6.73. The molecule has 0 aromatic carbocycles. The molecule has 2 heteroatoms. The van der Waals surface area contributed by atoms with Gasteiger partial charge in [-0.25, -0.2) is 0 Å². The average Bonchev–Trinajstić information content (AvgIpc) is 2.99. The van der Waals surface area contributed by atoms with E-state index in [9.17, 15) is 0 Å². The van der Waals surface area contributed by atoms with Crippen molar-refractivity contribution in [1.29, 1.82) is 0 Å². The van der Waals surface area contributed by atoms with Gasteiger partial charge in [-0.05, 0) is 51.1 Å². The molecule has 2 aliphatic carbocycles. The largest absolute Gasteiger partial charge is 0.315 e. The molecule has 0 saturated heterocycles. The Morgan fingerprint density at radius 2 is 2.00 bits per heavy atom. The van der Waals surface area contributed by atoms with Crippen molar-refractivity contribution in [3.63, 3.8) is 0 Å². The molecule has 2 nitrogen and oxygen atoms in total. The molecule has 2 rings (SSSR count). The highest BCUT2D eigenvalue weighted by Crippen LogP contribution is 2.33. The van der Waals surface area contributed by atoms with E-state index in [2.05, 4.69) is 24.2 Å². The molecule has 0 heterocycles. The van der Waals surface area contributed by atoms with Gasteiger partial charge in [-0.1, -0.05) is 13.3 Å². The molecule has 0 aromatic heterocycles. The predicted octanol–water partition coefficient (Wildman–Crippen LogP) is 2.11. The van der Waals surface area contributed by atoms with E-state index in [-0.39, 0.29) is 0 Å². The van der Waals surface area contributed by atoms with Gasteiger partial charge in [0.1, 0.15) is 0 Å². The molecule has 0 spiro atoms. The Morgan fingerprint density at radius 3 is 2.40 bits per heavy atom. The van der Waals surface area contributed by atoms with E-state index < -0.39 is 0 Å². The van der Waals surface area contributed by atoms with Crippen LogP contribution in [0.3, 0.4) is 0 Å². The van der Waals surface area contributed by atoms with E-state index in [0.717, 1.165) is 17.9 Å². The van der Waals surface area contributed by atoms with Crippen molar-refractivity contribution in [2.75, 3.05) is 26.7 Å². The van der Waals surface area contributed by atoms with Gasteiger partial charge >= 0.3 is 0 Å². The summed E-state index contributed by atoms with van der Waals surface area (Å²) in [4.78, 5) is 2.66. The maximum Gasteiger partial charge on any atom is 0.0220 e. The van der Waals surface area contributed by atoms with Crippen molar-refractivity contribution < 1.29 is 0 Å². The van der Waals surface area contributed by atoms with Crippen LogP contribution in [0.2, 0.25) is 0 Å². The average molecular weight is 210 g/mol. The first-order valence-corrected chi connectivity index (χ1v) is 6.73. The Hall–Kier alpha value is -0.0800. The van der Waals surface area contributed by atoms with Crippen molar-refractivity contribution >= 4 is 0 Å². The van der Waals surface area contributed by atoms with Crippen molar-refractivity contribution in [3.8, 4) is 0 Å². The minimum absolute atomic E-state index is 0.755. The van der Waals surface area contributed by atoms with Crippen LogP contribution >= 0.6 is 0 Å². The maximum atomic E-state index is 3.50. The third kappa shape index (κ3) is 3.18. The molecule has 1 unspecified atom stereocenters. The molecule has 1 N–H and O–H groups in total. The molecule has 88 valence electrons. The molecule has 0 aromatic rings. The maximum absolute atomic E-state index is 3.50. The zero-order valence-corrected chi connectivity index (χ0v) is 10.3. The lowest BCUT2D eigenvalue weighted by atomic mass is 9.85. The number of rotatable bonds is 7. The molecular formula is C13H26N2. The summed E-state index contributed by atoms with van der Waals surface area (Å²) in [6.07, 6.45) is 7.33. The highest BCUT2D eigenvalue weighted by Gasteiger charge is 2.31. The Balaban J connectivity index is 1.72. The Kier molecular flexibility index (Phi) is 4.04. The summed E-state index contributed by atoms with van der Waals surface area (Å²) in [6.45, 7) is 6.15. The van der Waals surface area contributed by atoms with Gasteiger partial charge < -0.3 is 10.2 Å². The second-order valence-corrected chi connectivity index (χ2v) is 5.38. The lowest BCUT2D eigenvalue weighted by Gasteiger charge is -2.33. The van der Waals surface area contributed by atoms with Crippen LogP contribution < -0.4 is 5.32 Å². The van der Waals surface area contributed by atoms with Crippen LogP contribution in [0.5, 0.6) is 0 Å². The number of nitrogens with one attached hydrogen (secondary N) is 1. The molecule has 0 aliphatic heterocycles. The number of hydrogen-bond donors (Lipinski definition) is 1. The summed E-state index contributed by atoms with van der Waals surface area (Å²) < 4.78 is 0. The number of nitrogens with zero attached hydrogens (tertiary/aromatic N) is 1. The SMILES string of the molecule is CCN(CC1CCC1)CC(NC)C1CC1. The second kappa shape index (κ2) is 5.31. The molecule has 0 radical (unpaired) electrons. The van der Waals surface area contributed by atoms with Crippen molar-refractivity contribution in [2.24, 2.45) is 11.8 Å². The Morgan fingerprint density at radius 1 is 1.27 bits per heavy atom. The Labute approximate surface area is 94.4 Å². The van der Waals surface area contributed by atoms with E-state index in [4.69, 9.17) is 0 Å². The number of hydrogen-bond acceptors (Lipinski definition) is 2. The normalized spacial score (nSPS) is 24.2. The highest BCUT2D eigenvalue weighted by atomic mass is 15.1. The highest BCUT2D eigenvalue weighted by molar-refractivity contribution is 4.88. The fraction of sp³-hybridized carbons (Fsp3) is 1.00. The lowest BCUT2D eigenvalue weighted by Crippen LogP contribution is -2.43. The van der Waals surface area contributed by atoms with Crippen LogP contribution in [-0.4, -0.2) is 37.6 Å². The third-order valence-electron chi connectivity index (χ3n) is 4.21. The van der Waals surface area contributed by atoms with E-state index in [0.29, 0.717) is 0 Å². The lowest BCUT2D eigenvalue weighted by molar-refractivity contribution is 0.167. The van der Waals surface area contributed by atoms with E-state index in [1.54, 1.807) is 0 Å². The van der Waals surface area contributed by atoms with E-state index in [1.807, 2.05) is 0 Å². The minimum Gasteiger partial charge on any atom is -0.315 e. The van der Waals surface area contributed by atoms with Crippen molar-refractivity contribution in [3.05, 3.63) is 0 Å². The van der Waals surface area contributed by atoms with Crippen LogP contribution in [-0.2, 0) is 0 Å². The predicted molar refractivity (Wildman–Crippen MR) is 65.0 cm³/mol. The summed E-state index contributed by atoms with van der Waals surface area (Å²) in [5.74, 6) is 1.99. The second-order valence-electron chi connectivity index (χ2n) is 5.38. The molecule has 1 atom stereocenters. The van der Waals surface area contributed by atoms with Crippen LogP contribution in [0.1, 0.15) is 39.0 Å². The first kappa shape index (κ1) is 11.4. The van der Waals surface area contributed by atoms with Crippen molar-refractivity contribution in [2.45, 2.75) is 45.1 Å². The van der Waals surface area contributed by atoms with Crippen LogP contribution in [0.15, 0.2) is 0 Å². The van der Waals surface area contributed by atoms with Gasteiger partial charge in [0.05, 0.1) is 0 Å². The zero-order chi connectivity index (χ0) is 10.7. The van der Waals surface area contributed by atoms with Gasteiger partial charge in [0.15, 0.2) is 0 Å². The zero-order valence-electron chi connectivity index (χ0n) is 10.3. The fourth-order valence-corrected chi connectivity index (χ4v) is 2.63.